The van der Waals surface area contributed by atoms with Gasteiger partial charge in [0.2, 0.25) is 5.95 Å². The van der Waals surface area contributed by atoms with Crippen LogP contribution in [0.2, 0.25) is 0 Å². The van der Waals surface area contributed by atoms with Gasteiger partial charge in [-0.05, 0) is 12.8 Å². The van der Waals surface area contributed by atoms with Crippen molar-refractivity contribution in [3.8, 4) is 0 Å². The minimum absolute atomic E-state index is 0.183. The van der Waals surface area contributed by atoms with Crippen LogP contribution in [0.5, 0.6) is 0 Å². The Kier molecular flexibility index (Phi) is 4.12. The van der Waals surface area contributed by atoms with Gasteiger partial charge in [0, 0.05) is 20.6 Å². The molecule has 0 saturated carbocycles. The number of anilines is 1. The number of β-amino-alcohol motifs (C(OH)–C–C–N with tert-alkyl or cyclic N) is 1. The molecule has 2 amide bonds. The number of nitrogens with zero attached hydrogens (tertiary/aromatic N) is 4. The van der Waals surface area contributed by atoms with Crippen molar-refractivity contribution >= 4 is 12.0 Å². The maximum Gasteiger partial charge on any atom is 0.317 e. The first-order valence-corrected chi connectivity index (χ1v) is 6.77. The van der Waals surface area contributed by atoms with Crippen molar-refractivity contribution in [1.82, 2.24) is 25.4 Å². The predicted molar refractivity (Wildman–Crippen MR) is 74.4 cm³/mol. The lowest BCUT2D eigenvalue weighted by atomic mass is 10.0. The molecule has 2 heterocycles. The van der Waals surface area contributed by atoms with Crippen molar-refractivity contribution in [2.75, 3.05) is 32.1 Å². The monoisotopic (exact) mass is 282 g/mol. The van der Waals surface area contributed by atoms with E-state index < -0.39 is 5.60 Å². The summed E-state index contributed by atoms with van der Waals surface area (Å²) in [6.07, 6.45) is 1.29. The zero-order valence-electron chi connectivity index (χ0n) is 12.2. The number of rotatable bonds is 4. The predicted octanol–water partition coefficient (Wildman–Crippen LogP) is -0.0729. The van der Waals surface area contributed by atoms with Gasteiger partial charge in [0.1, 0.15) is 5.82 Å². The summed E-state index contributed by atoms with van der Waals surface area (Å²) < 4.78 is 0. The Morgan fingerprint density at radius 3 is 2.90 bits per heavy atom. The van der Waals surface area contributed by atoms with Gasteiger partial charge in [0.25, 0.3) is 0 Å². The molecule has 0 aromatic carbocycles. The van der Waals surface area contributed by atoms with Crippen LogP contribution in [0.15, 0.2) is 0 Å². The molecule has 1 aromatic heterocycles. The normalized spacial score (nSPS) is 22.1. The highest BCUT2D eigenvalue weighted by atomic mass is 16.3. The molecule has 8 heteroatoms. The highest BCUT2D eigenvalue weighted by Crippen LogP contribution is 2.24. The Morgan fingerprint density at radius 2 is 2.35 bits per heavy atom. The maximum absolute atomic E-state index is 12.0. The van der Waals surface area contributed by atoms with Crippen LogP contribution in [0.1, 0.15) is 25.6 Å². The quantitative estimate of drug-likeness (QED) is 0.718. The van der Waals surface area contributed by atoms with Gasteiger partial charge in [-0.1, -0.05) is 6.92 Å². The summed E-state index contributed by atoms with van der Waals surface area (Å²) >= 11 is 0. The molecule has 0 spiro atoms. The average Bonchev–Trinajstić information content (AvgIpc) is 3.03. The molecule has 1 fully saturated rings. The number of amides is 2. The first kappa shape index (κ1) is 14.6. The van der Waals surface area contributed by atoms with Crippen LogP contribution in [0.4, 0.5) is 10.7 Å². The van der Waals surface area contributed by atoms with Gasteiger partial charge in [0.05, 0.1) is 18.7 Å². The molecular formula is C12H22N6O2. The molecule has 0 bridgehead atoms. The lowest BCUT2D eigenvalue weighted by molar-refractivity contribution is 0.0486. The van der Waals surface area contributed by atoms with E-state index >= 15 is 0 Å². The van der Waals surface area contributed by atoms with Gasteiger partial charge < -0.3 is 20.2 Å². The Labute approximate surface area is 118 Å². The molecule has 1 aliphatic heterocycles. The molecule has 112 valence electrons. The van der Waals surface area contributed by atoms with E-state index in [-0.39, 0.29) is 6.03 Å². The number of carbonyl (C=O) groups is 1. The molecule has 1 unspecified atom stereocenters. The molecule has 8 nitrogen and oxygen atoms in total. The summed E-state index contributed by atoms with van der Waals surface area (Å²) in [7, 11) is 3.70. The molecule has 0 aliphatic carbocycles. The fourth-order valence-electron chi connectivity index (χ4n) is 2.15. The molecular weight excluding hydrogens is 260 g/mol. The van der Waals surface area contributed by atoms with Crippen molar-refractivity contribution in [2.24, 2.45) is 0 Å². The summed E-state index contributed by atoms with van der Waals surface area (Å²) in [5.41, 5.74) is -0.734. The SMILES string of the molecule is CCC1(O)CCN(C(=O)NCc2nc(N(C)C)n[nH]2)C1. The molecule has 1 aromatic rings. The van der Waals surface area contributed by atoms with Gasteiger partial charge in [-0.25, -0.2) is 4.79 Å². The number of aliphatic hydroxyl groups is 1. The largest absolute Gasteiger partial charge is 0.388 e. The smallest absolute Gasteiger partial charge is 0.317 e. The van der Waals surface area contributed by atoms with Crippen molar-refractivity contribution in [1.29, 1.82) is 0 Å². The molecule has 2 rings (SSSR count). The van der Waals surface area contributed by atoms with E-state index in [1.165, 1.54) is 0 Å². The second-order valence-corrected chi connectivity index (χ2v) is 5.38. The Hall–Kier alpha value is -1.83. The van der Waals surface area contributed by atoms with Crippen LogP contribution in [0.25, 0.3) is 0 Å². The van der Waals surface area contributed by atoms with E-state index in [9.17, 15) is 9.90 Å². The second-order valence-electron chi connectivity index (χ2n) is 5.38. The van der Waals surface area contributed by atoms with Crippen molar-refractivity contribution in [2.45, 2.75) is 31.9 Å². The van der Waals surface area contributed by atoms with Gasteiger partial charge in [0.15, 0.2) is 0 Å². The van der Waals surface area contributed by atoms with Gasteiger partial charge in [-0.15, -0.1) is 5.10 Å². The standard InChI is InChI=1S/C12H22N6O2/c1-4-12(20)5-6-18(8-12)11(19)13-7-9-14-10(16-15-9)17(2)3/h20H,4-8H2,1-3H3,(H,13,19)(H,14,15,16). The first-order valence-electron chi connectivity index (χ1n) is 6.77. The molecule has 3 N–H and O–H groups in total. The topological polar surface area (TPSA) is 97.4 Å². The van der Waals surface area contributed by atoms with Gasteiger partial charge >= 0.3 is 6.03 Å². The fourth-order valence-corrected chi connectivity index (χ4v) is 2.15. The summed E-state index contributed by atoms with van der Waals surface area (Å²) in [6, 6.07) is -0.183. The third kappa shape index (κ3) is 3.19. The van der Waals surface area contributed by atoms with Crippen molar-refractivity contribution in [3.05, 3.63) is 5.82 Å². The van der Waals surface area contributed by atoms with Crippen LogP contribution >= 0.6 is 0 Å². The minimum Gasteiger partial charge on any atom is -0.388 e. The summed E-state index contributed by atoms with van der Waals surface area (Å²) in [6.45, 7) is 3.18. The first-order chi connectivity index (χ1) is 9.43. The zero-order chi connectivity index (χ0) is 14.8. The number of hydrogen-bond acceptors (Lipinski definition) is 5. The number of aromatic amines is 1. The number of nitrogens with one attached hydrogen (secondary N) is 2. The van der Waals surface area contributed by atoms with Gasteiger partial charge in [-0.3, -0.25) is 5.10 Å². The second kappa shape index (κ2) is 5.66. The Morgan fingerprint density at radius 1 is 1.60 bits per heavy atom. The molecule has 1 aliphatic rings. The fraction of sp³-hybridized carbons (Fsp3) is 0.750. The summed E-state index contributed by atoms with van der Waals surface area (Å²) in [5, 5.41) is 19.7. The maximum atomic E-state index is 12.0. The number of H-pyrrole nitrogens is 1. The van der Waals surface area contributed by atoms with E-state index in [0.717, 1.165) is 0 Å². The molecule has 1 atom stereocenters. The van der Waals surface area contributed by atoms with Crippen molar-refractivity contribution < 1.29 is 9.90 Å². The van der Waals surface area contributed by atoms with Crippen molar-refractivity contribution in [3.63, 3.8) is 0 Å². The third-order valence-electron chi connectivity index (χ3n) is 3.60. The van der Waals surface area contributed by atoms with Crippen LogP contribution in [0, 0.1) is 0 Å². The zero-order valence-corrected chi connectivity index (χ0v) is 12.2. The number of carbonyl (C=O) groups excluding carboxylic acids is 1. The summed E-state index contributed by atoms with van der Waals surface area (Å²) in [5.74, 6) is 1.18. The third-order valence-corrected chi connectivity index (χ3v) is 3.60. The average molecular weight is 282 g/mol. The Balaban J connectivity index is 1.83. The van der Waals surface area contributed by atoms with E-state index in [4.69, 9.17) is 0 Å². The highest BCUT2D eigenvalue weighted by Gasteiger charge is 2.36. The van der Waals surface area contributed by atoms with Crippen LogP contribution in [-0.2, 0) is 6.54 Å². The Bertz CT molecular complexity index is 474. The molecule has 0 radical (unpaired) electrons. The van der Waals surface area contributed by atoms with E-state index in [1.54, 1.807) is 9.80 Å². The molecule has 20 heavy (non-hydrogen) atoms. The minimum atomic E-state index is -0.734. The van der Waals surface area contributed by atoms with Crippen LogP contribution in [0.3, 0.4) is 0 Å². The van der Waals surface area contributed by atoms with Gasteiger partial charge in [-0.2, -0.15) is 4.98 Å². The van der Waals surface area contributed by atoms with E-state index in [0.29, 0.717) is 44.2 Å². The number of aromatic nitrogens is 3. The van der Waals surface area contributed by atoms with Crippen LogP contribution in [-0.4, -0.2) is 64.0 Å². The number of likely N-dealkylation sites (tertiary alicyclic amines) is 1. The number of hydrogen-bond donors (Lipinski definition) is 3. The van der Waals surface area contributed by atoms with Crippen LogP contribution < -0.4 is 10.2 Å². The summed E-state index contributed by atoms with van der Waals surface area (Å²) in [4.78, 5) is 19.6. The highest BCUT2D eigenvalue weighted by molar-refractivity contribution is 5.74. The number of urea groups is 1. The molecule has 1 saturated heterocycles. The van der Waals surface area contributed by atoms with E-state index in [2.05, 4.69) is 20.5 Å². The van der Waals surface area contributed by atoms with E-state index in [1.807, 2.05) is 21.0 Å². The lowest BCUT2D eigenvalue weighted by Crippen LogP contribution is -2.41. The lowest BCUT2D eigenvalue weighted by Gasteiger charge is -2.21.